The van der Waals surface area contributed by atoms with Gasteiger partial charge < -0.3 is 10.4 Å². The average Bonchev–Trinajstić information content (AvgIpc) is 2.85. The molecule has 0 atom stereocenters. The summed E-state index contributed by atoms with van der Waals surface area (Å²) in [4.78, 5) is 26.2. The summed E-state index contributed by atoms with van der Waals surface area (Å²) in [5, 5.41) is 12.6. The number of nitrogens with zero attached hydrogens (tertiary/aromatic N) is 4. The fourth-order valence-corrected chi connectivity index (χ4v) is 4.20. The highest BCUT2D eigenvalue weighted by Gasteiger charge is 2.35. The van der Waals surface area contributed by atoms with Crippen LogP contribution in [0, 0.1) is 0 Å². The highest BCUT2D eigenvalue weighted by Crippen LogP contribution is 2.38. The van der Waals surface area contributed by atoms with Gasteiger partial charge in [-0.2, -0.15) is 4.98 Å². The van der Waals surface area contributed by atoms with E-state index in [1.54, 1.807) is 28.1 Å². The van der Waals surface area contributed by atoms with Crippen molar-refractivity contribution in [1.29, 1.82) is 0 Å². The van der Waals surface area contributed by atoms with Crippen molar-refractivity contribution in [2.24, 2.45) is 0 Å². The van der Waals surface area contributed by atoms with Gasteiger partial charge >= 0.3 is 6.03 Å². The predicted octanol–water partition coefficient (Wildman–Crippen LogP) is 5.75. The molecule has 2 heterocycles. The number of carbonyl (C=O) groups excluding carboxylic acids is 1. The Bertz CT molecular complexity index is 1300. The number of halogens is 1. The first-order chi connectivity index (χ1) is 16.1. The van der Waals surface area contributed by atoms with Crippen LogP contribution in [0.4, 0.5) is 33.6 Å². The molecular formula is C25H20BrN5O2. The Kier molecular flexibility index (Phi) is 5.77. The first-order valence-electron chi connectivity index (χ1n) is 10.4. The number of hydrogen-bond donors (Lipinski definition) is 2. The minimum absolute atomic E-state index is 0.0682. The van der Waals surface area contributed by atoms with Crippen molar-refractivity contribution in [2.45, 2.75) is 13.2 Å². The lowest BCUT2D eigenvalue weighted by Crippen LogP contribution is -2.45. The number of fused-ring (bicyclic) bond motifs is 1. The summed E-state index contributed by atoms with van der Waals surface area (Å²) < 4.78 is 0.820. The van der Waals surface area contributed by atoms with Gasteiger partial charge in [0.2, 0.25) is 5.95 Å². The molecule has 0 saturated carbocycles. The molecule has 0 bridgehead atoms. The molecular weight excluding hydrogens is 482 g/mol. The van der Waals surface area contributed by atoms with Crippen LogP contribution in [0.25, 0.3) is 0 Å². The van der Waals surface area contributed by atoms with Crippen molar-refractivity contribution in [3.63, 3.8) is 0 Å². The van der Waals surface area contributed by atoms with E-state index >= 15 is 0 Å². The molecule has 4 aromatic rings. The number of aliphatic hydroxyl groups is 1. The van der Waals surface area contributed by atoms with Gasteiger partial charge in [-0.1, -0.05) is 42.5 Å². The number of urea groups is 1. The zero-order chi connectivity index (χ0) is 22.8. The number of para-hydroxylation sites is 2. The fraction of sp³-hybridized carbons (Fsp3) is 0.0800. The minimum Gasteiger partial charge on any atom is -0.392 e. The van der Waals surface area contributed by atoms with Crippen LogP contribution in [0.3, 0.4) is 0 Å². The molecule has 0 radical (unpaired) electrons. The van der Waals surface area contributed by atoms with E-state index in [2.05, 4.69) is 26.2 Å². The maximum absolute atomic E-state index is 13.8. The Labute approximate surface area is 199 Å². The molecule has 0 spiro atoms. The van der Waals surface area contributed by atoms with Crippen molar-refractivity contribution < 1.29 is 9.90 Å². The van der Waals surface area contributed by atoms with Gasteiger partial charge in [-0.3, -0.25) is 4.90 Å². The molecule has 0 unspecified atom stereocenters. The van der Waals surface area contributed by atoms with E-state index in [9.17, 15) is 9.90 Å². The second-order valence-electron chi connectivity index (χ2n) is 7.51. The summed E-state index contributed by atoms with van der Waals surface area (Å²) >= 11 is 3.56. The molecule has 2 amide bonds. The van der Waals surface area contributed by atoms with Crippen molar-refractivity contribution in [2.75, 3.05) is 15.1 Å². The Morgan fingerprint density at radius 3 is 2.42 bits per heavy atom. The van der Waals surface area contributed by atoms with Gasteiger partial charge in [-0.15, -0.1) is 0 Å². The van der Waals surface area contributed by atoms with Gasteiger partial charge in [-0.05, 0) is 57.9 Å². The number of rotatable bonds is 5. The minimum atomic E-state index is -0.226. The number of amides is 2. The Hall–Kier alpha value is -3.75. The van der Waals surface area contributed by atoms with E-state index in [-0.39, 0.29) is 12.6 Å². The van der Waals surface area contributed by atoms with E-state index < -0.39 is 0 Å². The van der Waals surface area contributed by atoms with Crippen LogP contribution in [0.5, 0.6) is 0 Å². The number of nitrogens with one attached hydrogen (secondary N) is 1. The van der Waals surface area contributed by atoms with Crippen molar-refractivity contribution in [1.82, 2.24) is 9.97 Å². The van der Waals surface area contributed by atoms with Gasteiger partial charge in [-0.25, -0.2) is 14.7 Å². The van der Waals surface area contributed by atoms with Crippen LogP contribution >= 0.6 is 15.9 Å². The molecule has 164 valence electrons. The second-order valence-corrected chi connectivity index (χ2v) is 8.37. The molecule has 33 heavy (non-hydrogen) atoms. The normalized spacial score (nSPS) is 13.1. The molecule has 5 rings (SSSR count). The summed E-state index contributed by atoms with van der Waals surface area (Å²) in [6.45, 7) is 0.273. The smallest absolute Gasteiger partial charge is 0.335 e. The highest BCUT2D eigenvalue weighted by atomic mass is 79.9. The topological polar surface area (TPSA) is 81.6 Å². The van der Waals surface area contributed by atoms with Gasteiger partial charge in [0, 0.05) is 21.9 Å². The quantitative estimate of drug-likeness (QED) is 0.363. The van der Waals surface area contributed by atoms with Crippen LogP contribution in [0.2, 0.25) is 0 Å². The Morgan fingerprint density at radius 1 is 0.970 bits per heavy atom. The molecule has 0 saturated heterocycles. The number of aliphatic hydroxyl groups excluding tert-OH is 1. The summed E-state index contributed by atoms with van der Waals surface area (Å²) in [5.74, 6) is 0.924. The largest absolute Gasteiger partial charge is 0.392 e. The van der Waals surface area contributed by atoms with Crippen molar-refractivity contribution >= 4 is 50.8 Å². The standard InChI is InChI=1S/C25H20BrN5O2/c26-21-8-4-5-9-22(21)30-15-18-14-27-24(28-19-6-2-1-3-7-19)29-23(18)31(25(30)33)20-12-10-17(16-32)11-13-20/h1-14,32H,15-16H2,(H,27,28,29). The summed E-state index contributed by atoms with van der Waals surface area (Å²) in [7, 11) is 0. The number of aromatic nitrogens is 2. The van der Waals surface area contributed by atoms with Crippen molar-refractivity contribution in [3.05, 3.63) is 101 Å². The maximum Gasteiger partial charge on any atom is 0.335 e. The third kappa shape index (κ3) is 4.18. The van der Waals surface area contributed by atoms with E-state index in [0.29, 0.717) is 24.0 Å². The molecule has 0 fully saturated rings. The molecule has 0 aliphatic carbocycles. The third-order valence-electron chi connectivity index (χ3n) is 5.35. The molecule has 1 aromatic heterocycles. The molecule has 3 aromatic carbocycles. The predicted molar refractivity (Wildman–Crippen MR) is 132 cm³/mol. The average molecular weight is 502 g/mol. The van der Waals surface area contributed by atoms with Gasteiger partial charge in [0.05, 0.1) is 24.5 Å². The first-order valence-corrected chi connectivity index (χ1v) is 11.2. The zero-order valence-corrected chi connectivity index (χ0v) is 19.1. The van der Waals surface area contributed by atoms with E-state index in [0.717, 1.165) is 27.0 Å². The Balaban J connectivity index is 1.60. The molecule has 1 aliphatic heterocycles. The van der Waals surface area contributed by atoms with Gasteiger partial charge in [0.25, 0.3) is 0 Å². The summed E-state index contributed by atoms with van der Waals surface area (Å²) in [5.41, 5.74) is 3.85. The van der Waals surface area contributed by atoms with E-state index in [1.807, 2.05) is 66.7 Å². The van der Waals surface area contributed by atoms with Gasteiger partial charge in [0.15, 0.2) is 5.82 Å². The molecule has 7 nitrogen and oxygen atoms in total. The zero-order valence-electron chi connectivity index (χ0n) is 17.5. The Morgan fingerprint density at radius 2 is 1.70 bits per heavy atom. The van der Waals surface area contributed by atoms with Crippen molar-refractivity contribution in [3.8, 4) is 0 Å². The number of anilines is 5. The monoisotopic (exact) mass is 501 g/mol. The van der Waals surface area contributed by atoms with E-state index in [4.69, 9.17) is 4.98 Å². The van der Waals surface area contributed by atoms with Crippen LogP contribution < -0.4 is 15.1 Å². The number of benzene rings is 3. The highest BCUT2D eigenvalue weighted by molar-refractivity contribution is 9.10. The molecule has 1 aliphatic rings. The second kappa shape index (κ2) is 9.01. The van der Waals surface area contributed by atoms with Crippen LogP contribution in [0.1, 0.15) is 11.1 Å². The van der Waals surface area contributed by atoms with Crippen LogP contribution in [-0.4, -0.2) is 21.1 Å². The lowest BCUT2D eigenvalue weighted by Gasteiger charge is -2.36. The number of hydrogen-bond acceptors (Lipinski definition) is 5. The maximum atomic E-state index is 13.8. The SMILES string of the molecule is O=C1N(c2ccccc2Br)Cc2cnc(Nc3ccccc3)nc2N1c1ccc(CO)cc1. The first kappa shape index (κ1) is 21.1. The number of carbonyl (C=O) groups is 1. The molecule has 8 heteroatoms. The lowest BCUT2D eigenvalue weighted by molar-refractivity contribution is 0.252. The van der Waals surface area contributed by atoms with E-state index in [1.165, 1.54) is 0 Å². The lowest BCUT2D eigenvalue weighted by atomic mass is 10.1. The summed E-state index contributed by atoms with van der Waals surface area (Å²) in [6, 6.07) is 24.2. The van der Waals surface area contributed by atoms with Gasteiger partial charge in [0.1, 0.15) is 0 Å². The fourth-order valence-electron chi connectivity index (χ4n) is 3.71. The van der Waals surface area contributed by atoms with Crippen LogP contribution in [-0.2, 0) is 13.2 Å². The molecule has 2 N–H and O–H groups in total. The third-order valence-corrected chi connectivity index (χ3v) is 6.03. The van der Waals surface area contributed by atoms with Crippen LogP contribution in [0.15, 0.2) is 89.5 Å². The summed E-state index contributed by atoms with van der Waals surface area (Å²) in [6.07, 6.45) is 1.75.